The number of fused-ring (bicyclic) bond motifs is 1. The second-order valence-electron chi connectivity index (χ2n) is 7.02. The normalized spacial score (nSPS) is 12.9. The fourth-order valence-corrected chi connectivity index (χ4v) is 3.08. The lowest BCUT2D eigenvalue weighted by atomic mass is 9.99. The number of nitrogens with one attached hydrogen (secondary N) is 2. The topological polar surface area (TPSA) is 146 Å². The van der Waals surface area contributed by atoms with Crippen LogP contribution in [-0.2, 0) is 20.8 Å². The Labute approximate surface area is 177 Å². The van der Waals surface area contributed by atoms with Gasteiger partial charge in [0.2, 0.25) is 11.8 Å². The summed E-state index contributed by atoms with van der Waals surface area (Å²) in [6.45, 7) is 4.69. The van der Waals surface area contributed by atoms with Crippen molar-refractivity contribution in [2.24, 2.45) is 5.92 Å². The van der Waals surface area contributed by atoms with E-state index in [2.05, 4.69) is 10.6 Å². The minimum atomic E-state index is -1.15. The Morgan fingerprint density at radius 3 is 2.50 bits per heavy atom. The van der Waals surface area contributed by atoms with Gasteiger partial charge in [0, 0.05) is 11.5 Å². The number of carboxylic acids is 1. The van der Waals surface area contributed by atoms with Gasteiger partial charge in [0.15, 0.2) is 0 Å². The smallest absolute Gasteiger partial charge is 0.340 e. The Balaban J connectivity index is 2.09. The van der Waals surface area contributed by atoms with E-state index in [-0.39, 0.29) is 34.3 Å². The van der Waals surface area contributed by atoms with Crippen molar-refractivity contribution in [2.45, 2.75) is 39.7 Å². The largest absolute Gasteiger partial charge is 0.506 e. The number of aliphatic carboxylic acids is 1. The molecule has 0 aliphatic carbocycles. The van der Waals surface area contributed by atoms with Crippen LogP contribution in [0.25, 0.3) is 11.0 Å². The second-order valence-corrected chi connectivity index (χ2v) is 7.42. The molecule has 9 nitrogen and oxygen atoms in total. The summed E-state index contributed by atoms with van der Waals surface area (Å²) >= 11 is 5.90. The number of halogens is 1. The van der Waals surface area contributed by atoms with Crippen molar-refractivity contribution >= 4 is 40.4 Å². The summed E-state index contributed by atoms with van der Waals surface area (Å²) in [6.07, 6.45) is 0.214. The third-order valence-electron chi connectivity index (χ3n) is 4.93. The molecule has 0 spiro atoms. The molecule has 2 amide bonds. The van der Waals surface area contributed by atoms with Crippen molar-refractivity contribution in [2.75, 3.05) is 6.54 Å². The van der Waals surface area contributed by atoms with Crippen molar-refractivity contribution in [3.63, 3.8) is 0 Å². The van der Waals surface area contributed by atoms with E-state index >= 15 is 0 Å². The summed E-state index contributed by atoms with van der Waals surface area (Å²) in [6, 6.07) is 1.59. The first-order valence-corrected chi connectivity index (χ1v) is 9.66. The second kappa shape index (κ2) is 9.62. The van der Waals surface area contributed by atoms with Crippen LogP contribution in [0.1, 0.15) is 31.4 Å². The van der Waals surface area contributed by atoms with E-state index in [1.54, 1.807) is 20.8 Å². The Morgan fingerprint density at radius 1 is 1.23 bits per heavy atom. The Morgan fingerprint density at radius 2 is 1.90 bits per heavy atom. The van der Waals surface area contributed by atoms with Gasteiger partial charge < -0.3 is 25.3 Å². The maximum absolute atomic E-state index is 12.2. The highest BCUT2D eigenvalue weighted by Gasteiger charge is 2.25. The van der Waals surface area contributed by atoms with Gasteiger partial charge in [0.1, 0.15) is 17.4 Å². The van der Waals surface area contributed by atoms with Crippen LogP contribution in [0.15, 0.2) is 21.3 Å². The zero-order chi connectivity index (χ0) is 22.6. The van der Waals surface area contributed by atoms with E-state index in [1.165, 1.54) is 12.1 Å². The van der Waals surface area contributed by atoms with Gasteiger partial charge in [-0.05, 0) is 24.5 Å². The van der Waals surface area contributed by atoms with Crippen molar-refractivity contribution in [1.29, 1.82) is 0 Å². The average molecular weight is 439 g/mol. The van der Waals surface area contributed by atoms with Gasteiger partial charge in [-0.25, -0.2) is 9.59 Å². The minimum Gasteiger partial charge on any atom is -0.506 e. The number of carbonyl (C=O) groups excluding carboxylic acids is 2. The Hall–Kier alpha value is -3.07. The zero-order valence-corrected chi connectivity index (χ0v) is 17.5. The van der Waals surface area contributed by atoms with Crippen molar-refractivity contribution in [3.05, 3.63) is 38.7 Å². The maximum Gasteiger partial charge on any atom is 0.340 e. The summed E-state index contributed by atoms with van der Waals surface area (Å²) in [4.78, 5) is 47.8. The van der Waals surface area contributed by atoms with Gasteiger partial charge in [-0.3, -0.25) is 9.59 Å². The first-order chi connectivity index (χ1) is 14.0. The van der Waals surface area contributed by atoms with Crippen LogP contribution < -0.4 is 16.3 Å². The fourth-order valence-electron chi connectivity index (χ4n) is 2.91. The molecule has 2 aromatic rings. The van der Waals surface area contributed by atoms with E-state index in [0.29, 0.717) is 17.4 Å². The van der Waals surface area contributed by atoms with Gasteiger partial charge in [-0.2, -0.15) is 0 Å². The summed E-state index contributed by atoms with van der Waals surface area (Å²) in [7, 11) is 0. The number of phenolic OH excluding ortho intramolecular Hbond substituents is 1. The minimum absolute atomic E-state index is 0.0702. The zero-order valence-electron chi connectivity index (χ0n) is 16.7. The van der Waals surface area contributed by atoms with Crippen LogP contribution in [0.2, 0.25) is 5.02 Å². The molecule has 0 saturated heterocycles. The van der Waals surface area contributed by atoms with Crippen LogP contribution in [0.5, 0.6) is 5.75 Å². The van der Waals surface area contributed by atoms with E-state index in [9.17, 15) is 29.4 Å². The monoisotopic (exact) mass is 438 g/mol. The van der Waals surface area contributed by atoms with E-state index in [1.807, 2.05) is 0 Å². The number of carbonyl (C=O) groups is 3. The van der Waals surface area contributed by atoms with Crippen LogP contribution in [-0.4, -0.2) is 40.6 Å². The first kappa shape index (κ1) is 23.2. The fraction of sp³-hybridized carbons (Fsp3) is 0.400. The summed E-state index contributed by atoms with van der Waals surface area (Å²) in [5.41, 5.74) is -0.0626. The SMILES string of the molecule is CC[C@@H](C)[C@H](NC(=O)CNC(=O)Cc1c(C)c2cc(Cl)c(O)cc2oc1=O)C(=O)O. The van der Waals surface area contributed by atoms with Gasteiger partial charge in [-0.15, -0.1) is 0 Å². The number of phenols is 1. The third kappa shape index (κ3) is 5.29. The van der Waals surface area contributed by atoms with Gasteiger partial charge in [0.25, 0.3) is 0 Å². The van der Waals surface area contributed by atoms with Gasteiger partial charge in [-0.1, -0.05) is 31.9 Å². The summed E-state index contributed by atoms with van der Waals surface area (Å²) < 4.78 is 5.15. The molecular formula is C20H23ClN2O7. The predicted octanol–water partition coefficient (Wildman–Crippen LogP) is 1.73. The number of rotatable bonds is 8. The van der Waals surface area contributed by atoms with Gasteiger partial charge in [0.05, 0.1) is 23.6 Å². The molecule has 0 unspecified atom stereocenters. The lowest BCUT2D eigenvalue weighted by Gasteiger charge is -2.20. The Kier molecular flexibility index (Phi) is 7.44. The Bertz CT molecular complexity index is 1050. The quantitative estimate of drug-likeness (QED) is 0.459. The first-order valence-electron chi connectivity index (χ1n) is 9.28. The number of hydrogen-bond acceptors (Lipinski definition) is 6. The van der Waals surface area contributed by atoms with Crippen molar-refractivity contribution in [1.82, 2.24) is 10.6 Å². The maximum atomic E-state index is 12.2. The molecule has 2 atom stereocenters. The van der Waals surface area contributed by atoms with Gasteiger partial charge >= 0.3 is 11.6 Å². The lowest BCUT2D eigenvalue weighted by Crippen LogP contribution is -2.48. The highest BCUT2D eigenvalue weighted by molar-refractivity contribution is 6.32. The average Bonchev–Trinajstić information content (AvgIpc) is 2.68. The molecule has 10 heteroatoms. The molecule has 0 fully saturated rings. The standard InChI is InChI=1S/C20H23ClN2O7/c1-4-9(2)18(19(27)28)23-17(26)8-22-16(25)6-12-10(3)11-5-13(21)14(24)7-15(11)30-20(12)29/h5,7,9,18,24H,4,6,8H2,1-3H3,(H,22,25)(H,23,26)(H,27,28)/t9-,18+/m1/s1. The van der Waals surface area contributed by atoms with Crippen LogP contribution in [0.3, 0.4) is 0 Å². The number of aryl methyl sites for hydroxylation is 1. The molecule has 1 heterocycles. The van der Waals surface area contributed by atoms with Crippen LogP contribution in [0, 0.1) is 12.8 Å². The molecular weight excluding hydrogens is 416 g/mol. The van der Waals surface area contributed by atoms with Crippen LogP contribution in [0.4, 0.5) is 0 Å². The van der Waals surface area contributed by atoms with Crippen molar-refractivity contribution < 1.29 is 29.0 Å². The number of benzene rings is 1. The molecule has 1 aromatic heterocycles. The molecule has 0 aliphatic heterocycles. The molecule has 0 aliphatic rings. The highest BCUT2D eigenvalue weighted by Crippen LogP contribution is 2.30. The summed E-state index contributed by atoms with van der Waals surface area (Å²) in [5.74, 6) is -2.93. The van der Waals surface area contributed by atoms with Crippen LogP contribution >= 0.6 is 11.6 Å². The molecule has 0 saturated carbocycles. The van der Waals surface area contributed by atoms with E-state index in [0.717, 1.165) is 0 Å². The van der Waals surface area contributed by atoms with E-state index < -0.39 is 36.0 Å². The summed E-state index contributed by atoms with van der Waals surface area (Å²) in [5, 5.41) is 24.1. The van der Waals surface area contributed by atoms with E-state index in [4.69, 9.17) is 16.0 Å². The molecule has 162 valence electrons. The predicted molar refractivity (Wildman–Crippen MR) is 110 cm³/mol. The third-order valence-corrected chi connectivity index (χ3v) is 5.24. The molecule has 2 rings (SSSR count). The molecule has 0 radical (unpaired) electrons. The number of carboxylic acid groups (broad SMARTS) is 1. The highest BCUT2D eigenvalue weighted by atomic mass is 35.5. The number of aromatic hydroxyl groups is 1. The molecule has 0 bridgehead atoms. The van der Waals surface area contributed by atoms with Crippen molar-refractivity contribution in [3.8, 4) is 5.75 Å². The number of hydrogen-bond donors (Lipinski definition) is 4. The molecule has 4 N–H and O–H groups in total. The number of amides is 2. The molecule has 1 aromatic carbocycles. The lowest BCUT2D eigenvalue weighted by molar-refractivity contribution is -0.143. The molecule has 30 heavy (non-hydrogen) atoms.